The van der Waals surface area contributed by atoms with Crippen LogP contribution in [0, 0.1) is 5.82 Å². The summed E-state index contributed by atoms with van der Waals surface area (Å²) in [4.78, 5) is 28.9. The number of carbonyl (C=O) groups is 2. The second-order valence-corrected chi connectivity index (χ2v) is 7.99. The van der Waals surface area contributed by atoms with Crippen LogP contribution in [0.4, 0.5) is 10.1 Å². The van der Waals surface area contributed by atoms with Crippen LogP contribution in [0.5, 0.6) is 0 Å². The summed E-state index contributed by atoms with van der Waals surface area (Å²) in [5.41, 5.74) is 0.761. The topological polar surface area (TPSA) is 52.7 Å². The fourth-order valence-electron chi connectivity index (χ4n) is 3.14. The number of hydrogen-bond acceptors (Lipinski definition) is 3. The summed E-state index contributed by atoms with van der Waals surface area (Å²) in [6.07, 6.45) is 0. The Hall–Kier alpha value is -1.86. The van der Waals surface area contributed by atoms with Gasteiger partial charge in [-0.3, -0.25) is 14.5 Å². The van der Waals surface area contributed by atoms with Crippen LogP contribution in [-0.2, 0) is 4.79 Å². The van der Waals surface area contributed by atoms with Crippen molar-refractivity contribution in [2.75, 3.05) is 31.5 Å². The molecule has 1 atom stereocenters. The van der Waals surface area contributed by atoms with Gasteiger partial charge in [0.1, 0.15) is 5.82 Å². The van der Waals surface area contributed by atoms with Gasteiger partial charge < -0.3 is 10.2 Å². The number of carbonyl (C=O) groups excluding carboxylic acids is 2. The zero-order valence-corrected chi connectivity index (χ0v) is 17.9. The van der Waals surface area contributed by atoms with Crippen LogP contribution in [-0.4, -0.2) is 53.8 Å². The van der Waals surface area contributed by atoms with E-state index in [1.165, 1.54) is 12.1 Å². The van der Waals surface area contributed by atoms with Crippen molar-refractivity contribution in [3.63, 3.8) is 0 Å². The number of benzene rings is 2. The number of halogens is 4. The number of anilines is 1. The van der Waals surface area contributed by atoms with Crippen molar-refractivity contribution in [1.29, 1.82) is 0 Å². The van der Waals surface area contributed by atoms with Gasteiger partial charge in [0.25, 0.3) is 5.91 Å². The van der Waals surface area contributed by atoms with Gasteiger partial charge in [-0.15, -0.1) is 0 Å². The highest BCUT2D eigenvalue weighted by atomic mass is 35.5. The first-order chi connectivity index (χ1) is 13.8. The zero-order chi connectivity index (χ0) is 21.1. The molecule has 1 unspecified atom stereocenters. The lowest BCUT2D eigenvalue weighted by molar-refractivity contribution is -0.121. The molecule has 1 aliphatic heterocycles. The van der Waals surface area contributed by atoms with Crippen molar-refractivity contribution in [2.24, 2.45) is 0 Å². The van der Waals surface area contributed by atoms with E-state index in [2.05, 4.69) is 5.32 Å². The third-order valence-corrected chi connectivity index (χ3v) is 5.74. The second kappa shape index (κ2) is 9.30. The van der Waals surface area contributed by atoms with Crippen molar-refractivity contribution >= 4 is 52.3 Å². The number of amides is 2. The molecule has 0 aromatic heterocycles. The molecule has 5 nitrogen and oxygen atoms in total. The van der Waals surface area contributed by atoms with E-state index in [4.69, 9.17) is 34.8 Å². The van der Waals surface area contributed by atoms with Gasteiger partial charge >= 0.3 is 0 Å². The van der Waals surface area contributed by atoms with Crippen molar-refractivity contribution in [3.8, 4) is 0 Å². The Balaban J connectivity index is 1.58. The molecule has 0 bridgehead atoms. The van der Waals surface area contributed by atoms with Gasteiger partial charge in [-0.1, -0.05) is 34.8 Å². The number of nitrogens with one attached hydrogen (secondary N) is 1. The molecule has 154 valence electrons. The average Bonchev–Trinajstić information content (AvgIpc) is 2.69. The number of hydrogen-bond donors (Lipinski definition) is 1. The summed E-state index contributed by atoms with van der Waals surface area (Å²) in [6.45, 7) is 3.71. The molecular weight excluding hydrogens is 440 g/mol. The minimum atomic E-state index is -0.489. The summed E-state index contributed by atoms with van der Waals surface area (Å²) >= 11 is 18.0. The predicted molar refractivity (Wildman–Crippen MR) is 113 cm³/mol. The molecule has 0 spiro atoms. The van der Waals surface area contributed by atoms with Gasteiger partial charge in [-0.2, -0.15) is 0 Å². The molecule has 1 N–H and O–H groups in total. The Morgan fingerprint density at radius 3 is 2.31 bits per heavy atom. The SMILES string of the molecule is CC(C(=O)Nc1ccc(Cl)cc1Cl)N1CCN(C(=O)c2ccc(F)cc2Cl)CC1. The van der Waals surface area contributed by atoms with Gasteiger partial charge in [0.05, 0.1) is 27.3 Å². The van der Waals surface area contributed by atoms with Crippen LogP contribution in [0.15, 0.2) is 36.4 Å². The Labute approximate surface area is 183 Å². The molecule has 0 radical (unpaired) electrons. The largest absolute Gasteiger partial charge is 0.336 e. The quantitative estimate of drug-likeness (QED) is 0.730. The standard InChI is InChI=1S/C20H19Cl3FN3O2/c1-12(19(28)25-18-5-2-13(21)10-17(18)23)26-6-8-27(9-7-26)20(29)15-4-3-14(24)11-16(15)22/h2-5,10-12H,6-9H2,1H3,(H,25,28). The third kappa shape index (κ3) is 5.20. The van der Waals surface area contributed by atoms with Crippen LogP contribution >= 0.6 is 34.8 Å². The first kappa shape index (κ1) is 21.8. The lowest BCUT2D eigenvalue weighted by Gasteiger charge is -2.37. The number of nitrogens with zero attached hydrogens (tertiary/aromatic N) is 2. The van der Waals surface area contributed by atoms with Crippen LogP contribution in [0.25, 0.3) is 0 Å². The van der Waals surface area contributed by atoms with Crippen LogP contribution < -0.4 is 5.32 Å². The number of piperazine rings is 1. The maximum absolute atomic E-state index is 13.2. The maximum Gasteiger partial charge on any atom is 0.255 e. The molecule has 9 heteroatoms. The summed E-state index contributed by atoms with van der Waals surface area (Å²) in [6, 6.07) is 8.18. The molecule has 1 aliphatic rings. The highest BCUT2D eigenvalue weighted by Gasteiger charge is 2.29. The lowest BCUT2D eigenvalue weighted by atomic mass is 10.1. The summed E-state index contributed by atoms with van der Waals surface area (Å²) in [5.74, 6) is -0.938. The summed E-state index contributed by atoms with van der Waals surface area (Å²) in [7, 11) is 0. The van der Waals surface area contributed by atoms with Crippen molar-refractivity contribution in [1.82, 2.24) is 9.80 Å². The van der Waals surface area contributed by atoms with Crippen molar-refractivity contribution < 1.29 is 14.0 Å². The van der Waals surface area contributed by atoms with Gasteiger partial charge in [0, 0.05) is 31.2 Å². The molecule has 2 aromatic carbocycles. The van der Waals surface area contributed by atoms with E-state index in [1.54, 1.807) is 30.0 Å². The Kier molecular flexibility index (Phi) is 7.01. The Morgan fingerprint density at radius 2 is 1.69 bits per heavy atom. The molecule has 2 amide bonds. The molecule has 1 fully saturated rings. The fourth-order valence-corrected chi connectivity index (χ4v) is 3.84. The van der Waals surface area contributed by atoms with E-state index in [9.17, 15) is 14.0 Å². The Morgan fingerprint density at radius 1 is 1.00 bits per heavy atom. The number of rotatable bonds is 4. The van der Waals surface area contributed by atoms with Crippen LogP contribution in [0.2, 0.25) is 15.1 Å². The molecule has 1 heterocycles. The molecule has 0 saturated carbocycles. The third-order valence-electron chi connectivity index (χ3n) is 4.88. The molecule has 1 saturated heterocycles. The van der Waals surface area contributed by atoms with Crippen LogP contribution in [0.3, 0.4) is 0 Å². The van der Waals surface area contributed by atoms with E-state index in [-0.39, 0.29) is 22.4 Å². The molecule has 3 rings (SSSR count). The smallest absolute Gasteiger partial charge is 0.255 e. The first-order valence-electron chi connectivity index (χ1n) is 9.00. The monoisotopic (exact) mass is 457 g/mol. The molecule has 29 heavy (non-hydrogen) atoms. The highest BCUT2D eigenvalue weighted by molar-refractivity contribution is 6.36. The normalized spacial score (nSPS) is 15.8. The second-order valence-electron chi connectivity index (χ2n) is 6.74. The molecule has 2 aromatic rings. The van der Waals surface area contributed by atoms with Gasteiger partial charge in [-0.25, -0.2) is 4.39 Å². The van der Waals surface area contributed by atoms with E-state index in [0.29, 0.717) is 41.9 Å². The summed E-state index contributed by atoms with van der Waals surface area (Å²) < 4.78 is 13.2. The minimum absolute atomic E-state index is 0.0880. The first-order valence-corrected chi connectivity index (χ1v) is 10.1. The zero-order valence-electron chi connectivity index (χ0n) is 15.6. The van der Waals surface area contributed by atoms with Crippen LogP contribution in [0.1, 0.15) is 17.3 Å². The highest BCUT2D eigenvalue weighted by Crippen LogP contribution is 2.26. The summed E-state index contributed by atoms with van der Waals surface area (Å²) in [5, 5.41) is 3.74. The van der Waals surface area contributed by atoms with E-state index < -0.39 is 11.9 Å². The van der Waals surface area contributed by atoms with Gasteiger partial charge in [0.15, 0.2) is 0 Å². The van der Waals surface area contributed by atoms with Crippen molar-refractivity contribution in [2.45, 2.75) is 13.0 Å². The van der Waals surface area contributed by atoms with E-state index >= 15 is 0 Å². The average molecular weight is 459 g/mol. The minimum Gasteiger partial charge on any atom is -0.336 e. The van der Waals surface area contributed by atoms with E-state index in [0.717, 1.165) is 6.07 Å². The van der Waals surface area contributed by atoms with E-state index in [1.807, 2.05) is 4.90 Å². The Bertz CT molecular complexity index is 933. The predicted octanol–water partition coefficient (Wildman–Crippen LogP) is 4.57. The van der Waals surface area contributed by atoms with Gasteiger partial charge in [-0.05, 0) is 43.3 Å². The van der Waals surface area contributed by atoms with Crippen molar-refractivity contribution in [3.05, 3.63) is 62.8 Å². The molecular formula is C20H19Cl3FN3O2. The molecule has 0 aliphatic carbocycles. The van der Waals surface area contributed by atoms with Gasteiger partial charge in [0.2, 0.25) is 5.91 Å². The maximum atomic E-state index is 13.2. The fraction of sp³-hybridized carbons (Fsp3) is 0.300. The lowest BCUT2D eigenvalue weighted by Crippen LogP contribution is -2.54.